The van der Waals surface area contributed by atoms with Crippen LogP contribution in [0, 0.1) is 11.6 Å². The Labute approximate surface area is 157 Å². The first-order valence-corrected chi connectivity index (χ1v) is 10.1. The Hall–Kier alpha value is -2.17. The molecule has 0 aliphatic carbocycles. The van der Waals surface area contributed by atoms with Gasteiger partial charge in [-0.3, -0.25) is 4.90 Å². The zero-order valence-corrected chi connectivity index (χ0v) is 15.5. The van der Waals surface area contributed by atoms with Gasteiger partial charge < -0.3 is 4.90 Å². The Bertz CT molecular complexity index is 859. The molecule has 10 heteroatoms. The first-order valence-electron chi connectivity index (χ1n) is 8.65. The minimum absolute atomic E-state index is 0.226. The van der Waals surface area contributed by atoms with Gasteiger partial charge in [0.2, 0.25) is 16.0 Å². The number of halogens is 2. The smallest absolute Gasteiger partial charge is 0.240 e. The summed E-state index contributed by atoms with van der Waals surface area (Å²) in [5.41, 5.74) is 0. The van der Waals surface area contributed by atoms with E-state index in [0.29, 0.717) is 12.5 Å². The van der Waals surface area contributed by atoms with Gasteiger partial charge in [0.1, 0.15) is 0 Å². The molecule has 2 aromatic rings. The SMILES string of the molecule is O=S(=O)(NCCCN1CCN(c2ncccn2)CC1)c1ccc(F)c(F)c1. The molecule has 0 saturated carbocycles. The average Bonchev–Trinajstić information content (AvgIpc) is 2.68. The van der Waals surface area contributed by atoms with Crippen molar-refractivity contribution in [2.75, 3.05) is 44.2 Å². The molecule has 3 rings (SSSR count). The molecule has 27 heavy (non-hydrogen) atoms. The van der Waals surface area contributed by atoms with Gasteiger partial charge in [0.25, 0.3) is 0 Å². The number of hydrogen-bond donors (Lipinski definition) is 1. The van der Waals surface area contributed by atoms with Gasteiger partial charge in [-0.25, -0.2) is 31.9 Å². The molecule has 0 bridgehead atoms. The number of hydrogen-bond acceptors (Lipinski definition) is 6. The molecule has 0 spiro atoms. The lowest BCUT2D eigenvalue weighted by Crippen LogP contribution is -2.47. The predicted molar refractivity (Wildman–Crippen MR) is 96.8 cm³/mol. The molecule has 0 amide bonds. The average molecular weight is 397 g/mol. The van der Waals surface area contributed by atoms with E-state index in [2.05, 4.69) is 24.5 Å². The second-order valence-corrected chi connectivity index (χ2v) is 7.97. The lowest BCUT2D eigenvalue weighted by Gasteiger charge is -2.34. The zero-order valence-electron chi connectivity index (χ0n) is 14.7. The standard InChI is InChI=1S/C17H21F2N5O2S/c18-15-4-3-14(13-16(15)19)27(25,26)22-7-2-8-23-9-11-24(12-10-23)17-20-5-1-6-21-17/h1,3-6,13,22H,2,7-12H2. The van der Waals surface area contributed by atoms with E-state index in [1.165, 1.54) is 0 Å². The number of nitrogens with one attached hydrogen (secondary N) is 1. The molecule has 1 fully saturated rings. The van der Waals surface area contributed by atoms with E-state index in [1.54, 1.807) is 18.5 Å². The minimum atomic E-state index is -3.85. The molecule has 1 saturated heterocycles. The van der Waals surface area contributed by atoms with Crippen LogP contribution in [-0.2, 0) is 10.0 Å². The fourth-order valence-corrected chi connectivity index (χ4v) is 3.95. The van der Waals surface area contributed by atoms with E-state index in [0.717, 1.165) is 50.8 Å². The number of nitrogens with zero attached hydrogens (tertiary/aromatic N) is 4. The van der Waals surface area contributed by atoms with Crippen LogP contribution in [0.5, 0.6) is 0 Å². The monoisotopic (exact) mass is 397 g/mol. The van der Waals surface area contributed by atoms with Crippen molar-refractivity contribution in [1.29, 1.82) is 0 Å². The summed E-state index contributed by atoms with van der Waals surface area (Å²) in [4.78, 5) is 12.6. The van der Waals surface area contributed by atoms with Gasteiger partial charge in [0.05, 0.1) is 4.90 Å². The van der Waals surface area contributed by atoms with Gasteiger partial charge in [0, 0.05) is 45.1 Å². The molecule has 146 valence electrons. The van der Waals surface area contributed by atoms with Crippen LogP contribution in [0.15, 0.2) is 41.6 Å². The van der Waals surface area contributed by atoms with Crippen molar-refractivity contribution in [3.8, 4) is 0 Å². The first-order chi connectivity index (χ1) is 13.0. The van der Waals surface area contributed by atoms with Gasteiger partial charge in [0.15, 0.2) is 11.6 Å². The van der Waals surface area contributed by atoms with Crippen molar-refractivity contribution in [3.63, 3.8) is 0 Å². The van der Waals surface area contributed by atoms with Crippen molar-refractivity contribution in [3.05, 3.63) is 48.3 Å². The molecule has 0 unspecified atom stereocenters. The third kappa shape index (κ3) is 5.18. The van der Waals surface area contributed by atoms with Crippen LogP contribution in [0.4, 0.5) is 14.7 Å². The fourth-order valence-electron chi connectivity index (χ4n) is 2.86. The summed E-state index contributed by atoms with van der Waals surface area (Å²) >= 11 is 0. The summed E-state index contributed by atoms with van der Waals surface area (Å²) in [5.74, 6) is -1.54. The quantitative estimate of drug-likeness (QED) is 0.709. The summed E-state index contributed by atoms with van der Waals surface area (Å²) in [6.45, 7) is 4.27. The normalized spacial score (nSPS) is 15.9. The van der Waals surface area contributed by atoms with E-state index in [-0.39, 0.29) is 11.4 Å². The van der Waals surface area contributed by atoms with Crippen LogP contribution in [0.2, 0.25) is 0 Å². The summed E-state index contributed by atoms with van der Waals surface area (Å²) in [6, 6.07) is 4.31. The van der Waals surface area contributed by atoms with Crippen LogP contribution in [-0.4, -0.2) is 62.6 Å². The second-order valence-electron chi connectivity index (χ2n) is 6.20. The van der Waals surface area contributed by atoms with Crippen molar-refractivity contribution in [2.45, 2.75) is 11.3 Å². The summed E-state index contributed by atoms with van der Waals surface area (Å²) < 4.78 is 52.8. The Morgan fingerprint density at radius 3 is 2.41 bits per heavy atom. The van der Waals surface area contributed by atoms with Gasteiger partial charge in [-0.05, 0) is 37.2 Å². The van der Waals surface area contributed by atoms with Crippen molar-refractivity contribution in [1.82, 2.24) is 19.6 Å². The predicted octanol–water partition coefficient (Wildman–Crippen LogP) is 1.25. The van der Waals surface area contributed by atoms with Crippen molar-refractivity contribution in [2.24, 2.45) is 0 Å². The fraction of sp³-hybridized carbons (Fsp3) is 0.412. The van der Waals surface area contributed by atoms with E-state index in [9.17, 15) is 17.2 Å². The number of anilines is 1. The number of rotatable bonds is 7. The minimum Gasteiger partial charge on any atom is -0.338 e. The van der Waals surface area contributed by atoms with E-state index >= 15 is 0 Å². The molecule has 1 aromatic heterocycles. The van der Waals surface area contributed by atoms with Crippen LogP contribution in [0.3, 0.4) is 0 Å². The lowest BCUT2D eigenvalue weighted by molar-refractivity contribution is 0.254. The second kappa shape index (κ2) is 8.68. The van der Waals surface area contributed by atoms with E-state index in [1.807, 2.05) is 0 Å². The van der Waals surface area contributed by atoms with E-state index in [4.69, 9.17) is 0 Å². The van der Waals surface area contributed by atoms with E-state index < -0.39 is 21.7 Å². The highest BCUT2D eigenvalue weighted by molar-refractivity contribution is 7.89. The topological polar surface area (TPSA) is 78.4 Å². The molecule has 2 heterocycles. The zero-order chi connectivity index (χ0) is 19.3. The Morgan fingerprint density at radius 2 is 1.74 bits per heavy atom. The lowest BCUT2D eigenvalue weighted by atomic mass is 10.3. The first kappa shape index (κ1) is 19.6. The maximum absolute atomic E-state index is 13.2. The van der Waals surface area contributed by atoms with Crippen LogP contribution in [0.25, 0.3) is 0 Å². The molecule has 0 atom stereocenters. The molecular formula is C17H21F2N5O2S. The van der Waals surface area contributed by atoms with Gasteiger partial charge in [-0.2, -0.15) is 0 Å². The molecule has 0 radical (unpaired) electrons. The van der Waals surface area contributed by atoms with Crippen LogP contribution in [0.1, 0.15) is 6.42 Å². The van der Waals surface area contributed by atoms with Gasteiger partial charge in [-0.15, -0.1) is 0 Å². The molecule has 1 N–H and O–H groups in total. The Morgan fingerprint density at radius 1 is 1.04 bits per heavy atom. The maximum atomic E-state index is 13.2. The third-order valence-corrected chi connectivity index (χ3v) is 5.81. The van der Waals surface area contributed by atoms with Crippen LogP contribution < -0.4 is 9.62 Å². The summed E-state index contributed by atoms with van der Waals surface area (Å²) in [6.07, 6.45) is 4.05. The highest BCUT2D eigenvalue weighted by Crippen LogP contribution is 2.14. The molecule has 1 aliphatic heterocycles. The molecule has 1 aromatic carbocycles. The highest BCUT2D eigenvalue weighted by Gasteiger charge is 2.19. The number of sulfonamides is 1. The molecule has 7 nitrogen and oxygen atoms in total. The summed E-state index contributed by atoms with van der Waals surface area (Å²) in [5, 5.41) is 0. The third-order valence-electron chi connectivity index (χ3n) is 4.35. The van der Waals surface area contributed by atoms with Crippen molar-refractivity contribution < 1.29 is 17.2 Å². The Balaban J connectivity index is 1.41. The number of piperazine rings is 1. The van der Waals surface area contributed by atoms with Crippen LogP contribution >= 0.6 is 0 Å². The summed E-state index contributed by atoms with van der Waals surface area (Å²) in [7, 11) is -3.85. The largest absolute Gasteiger partial charge is 0.338 e. The van der Waals surface area contributed by atoms with Crippen molar-refractivity contribution >= 4 is 16.0 Å². The Kier molecular flexibility index (Phi) is 6.30. The maximum Gasteiger partial charge on any atom is 0.240 e. The highest BCUT2D eigenvalue weighted by atomic mass is 32.2. The number of benzene rings is 1. The molecule has 1 aliphatic rings. The van der Waals surface area contributed by atoms with Gasteiger partial charge >= 0.3 is 0 Å². The van der Waals surface area contributed by atoms with Gasteiger partial charge in [-0.1, -0.05) is 0 Å². The number of aromatic nitrogens is 2. The molecular weight excluding hydrogens is 376 g/mol.